The van der Waals surface area contributed by atoms with Gasteiger partial charge < -0.3 is 10.2 Å². The van der Waals surface area contributed by atoms with E-state index in [0.29, 0.717) is 13.0 Å². The van der Waals surface area contributed by atoms with Gasteiger partial charge in [-0.3, -0.25) is 9.59 Å². The molecule has 1 aromatic rings. The molecule has 0 spiro atoms. The summed E-state index contributed by atoms with van der Waals surface area (Å²) in [5.74, 6) is -2.32. The zero-order chi connectivity index (χ0) is 17.9. The average Bonchev–Trinajstić information content (AvgIpc) is 2.83. The first-order valence-corrected chi connectivity index (χ1v) is 8.57. The molecule has 1 aliphatic heterocycles. The second-order valence-electron chi connectivity index (χ2n) is 5.85. The summed E-state index contributed by atoms with van der Waals surface area (Å²) in [4.78, 5) is 29.5. The molecule has 0 aliphatic carbocycles. The molecule has 9 heteroatoms. The lowest BCUT2D eigenvalue weighted by Gasteiger charge is -2.31. The average molecular weight is 363 g/mol. The number of aryl methyl sites for hydroxylation is 2. The fourth-order valence-corrected chi connectivity index (χ4v) is 3.71. The Morgan fingerprint density at radius 3 is 2.42 bits per heavy atom. The van der Waals surface area contributed by atoms with E-state index in [1.807, 2.05) is 13.8 Å². The van der Waals surface area contributed by atoms with Crippen LogP contribution in [-0.4, -0.2) is 47.5 Å². The number of hydrogen-bond donors (Lipinski definition) is 1. The van der Waals surface area contributed by atoms with Crippen LogP contribution in [0.3, 0.4) is 0 Å². The van der Waals surface area contributed by atoms with Crippen molar-refractivity contribution in [3.63, 3.8) is 0 Å². The fraction of sp³-hybridized carbons (Fsp3) is 0.667. The van der Waals surface area contributed by atoms with Gasteiger partial charge in [-0.1, -0.05) is 0 Å². The van der Waals surface area contributed by atoms with Crippen LogP contribution in [0.25, 0.3) is 0 Å². The summed E-state index contributed by atoms with van der Waals surface area (Å²) in [6, 6.07) is 0. The Morgan fingerprint density at radius 2 is 1.92 bits per heavy atom. The number of hydrogen-bond acceptors (Lipinski definition) is 4. The van der Waals surface area contributed by atoms with Crippen LogP contribution in [0.1, 0.15) is 28.4 Å². The van der Waals surface area contributed by atoms with Gasteiger partial charge >= 0.3 is 12.1 Å². The molecule has 0 saturated carbocycles. The normalized spacial score (nSPS) is 16.3. The summed E-state index contributed by atoms with van der Waals surface area (Å²) in [5.41, 5.74) is 0.964. The summed E-state index contributed by atoms with van der Waals surface area (Å²) < 4.78 is 37.1. The van der Waals surface area contributed by atoms with Crippen LogP contribution in [0.2, 0.25) is 0 Å². The SMILES string of the molecule is Cc1nc(C)c(CCNC(=O)C2CCN(C(=O)C(F)(F)F)CC2)s1. The Morgan fingerprint density at radius 1 is 1.29 bits per heavy atom. The molecule has 1 aliphatic rings. The first-order chi connectivity index (χ1) is 11.2. The van der Waals surface area contributed by atoms with Crippen LogP contribution >= 0.6 is 11.3 Å². The third-order valence-electron chi connectivity index (χ3n) is 4.05. The van der Waals surface area contributed by atoms with Crippen LogP contribution in [0.4, 0.5) is 13.2 Å². The topological polar surface area (TPSA) is 62.3 Å². The van der Waals surface area contributed by atoms with Gasteiger partial charge in [-0.05, 0) is 26.7 Å². The molecular formula is C15H20F3N3O2S. The second kappa shape index (κ2) is 7.50. The van der Waals surface area contributed by atoms with Crippen LogP contribution in [-0.2, 0) is 16.0 Å². The molecular weight excluding hydrogens is 343 g/mol. The van der Waals surface area contributed by atoms with E-state index in [0.717, 1.165) is 20.5 Å². The number of aromatic nitrogens is 1. The van der Waals surface area contributed by atoms with E-state index in [-0.39, 0.29) is 37.8 Å². The van der Waals surface area contributed by atoms with Gasteiger partial charge in [0.1, 0.15) is 0 Å². The number of likely N-dealkylation sites (tertiary alicyclic amines) is 1. The number of nitrogens with one attached hydrogen (secondary N) is 1. The number of halogens is 3. The highest BCUT2D eigenvalue weighted by Gasteiger charge is 2.43. The van der Waals surface area contributed by atoms with Gasteiger partial charge in [-0.25, -0.2) is 4.98 Å². The molecule has 1 N–H and O–H groups in total. The number of carbonyl (C=O) groups excluding carboxylic acids is 2. The zero-order valence-corrected chi connectivity index (χ0v) is 14.4. The summed E-state index contributed by atoms with van der Waals surface area (Å²) >= 11 is 1.59. The van der Waals surface area contributed by atoms with E-state index in [4.69, 9.17) is 0 Å². The quantitative estimate of drug-likeness (QED) is 0.892. The van der Waals surface area contributed by atoms with E-state index in [1.54, 1.807) is 11.3 Å². The van der Waals surface area contributed by atoms with Gasteiger partial charge in [0.15, 0.2) is 0 Å². The lowest BCUT2D eigenvalue weighted by molar-refractivity contribution is -0.186. The van der Waals surface area contributed by atoms with Crippen LogP contribution < -0.4 is 5.32 Å². The van der Waals surface area contributed by atoms with Crippen molar-refractivity contribution in [2.24, 2.45) is 5.92 Å². The van der Waals surface area contributed by atoms with Crippen molar-refractivity contribution in [3.05, 3.63) is 15.6 Å². The first-order valence-electron chi connectivity index (χ1n) is 7.75. The zero-order valence-electron chi connectivity index (χ0n) is 13.6. The molecule has 1 fully saturated rings. The van der Waals surface area contributed by atoms with Crippen molar-refractivity contribution in [2.75, 3.05) is 19.6 Å². The Balaban J connectivity index is 1.75. The van der Waals surface area contributed by atoms with Gasteiger partial charge in [0.05, 0.1) is 10.7 Å². The fourth-order valence-electron chi connectivity index (χ4n) is 2.77. The molecule has 134 valence electrons. The van der Waals surface area contributed by atoms with E-state index >= 15 is 0 Å². The van der Waals surface area contributed by atoms with E-state index in [2.05, 4.69) is 10.3 Å². The standard InChI is InChI=1S/C15H20F3N3O2S/c1-9-12(24-10(2)20-9)3-6-19-13(22)11-4-7-21(8-5-11)14(23)15(16,17)18/h11H,3-8H2,1-2H3,(H,19,22). The minimum atomic E-state index is -4.85. The summed E-state index contributed by atoms with van der Waals surface area (Å²) in [6.45, 7) is 4.25. The molecule has 5 nitrogen and oxygen atoms in total. The maximum Gasteiger partial charge on any atom is 0.471 e. The van der Waals surface area contributed by atoms with Gasteiger partial charge in [0, 0.05) is 36.9 Å². The van der Waals surface area contributed by atoms with Crippen molar-refractivity contribution in [2.45, 2.75) is 39.3 Å². The maximum absolute atomic E-state index is 12.4. The van der Waals surface area contributed by atoms with Gasteiger partial charge in [0.2, 0.25) is 5.91 Å². The number of amides is 2. The number of piperidine rings is 1. The Bertz CT molecular complexity index is 608. The maximum atomic E-state index is 12.4. The third kappa shape index (κ3) is 4.68. The van der Waals surface area contributed by atoms with Crippen molar-refractivity contribution < 1.29 is 22.8 Å². The minimum absolute atomic E-state index is 0.0381. The monoisotopic (exact) mass is 363 g/mol. The summed E-state index contributed by atoms with van der Waals surface area (Å²) in [6.07, 6.45) is -3.65. The lowest BCUT2D eigenvalue weighted by Crippen LogP contribution is -2.47. The van der Waals surface area contributed by atoms with Crippen molar-refractivity contribution in [3.8, 4) is 0 Å². The molecule has 0 atom stereocenters. The number of thiazole rings is 1. The molecule has 24 heavy (non-hydrogen) atoms. The predicted molar refractivity (Wildman–Crippen MR) is 83.7 cm³/mol. The van der Waals surface area contributed by atoms with E-state index < -0.39 is 12.1 Å². The molecule has 2 heterocycles. The van der Waals surface area contributed by atoms with E-state index in [9.17, 15) is 22.8 Å². The molecule has 2 rings (SSSR count). The second-order valence-corrected chi connectivity index (χ2v) is 7.13. The largest absolute Gasteiger partial charge is 0.471 e. The summed E-state index contributed by atoms with van der Waals surface area (Å²) in [7, 11) is 0. The molecule has 0 bridgehead atoms. The smallest absolute Gasteiger partial charge is 0.355 e. The Labute approximate surface area is 142 Å². The predicted octanol–water partition coefficient (Wildman–Crippen LogP) is 2.22. The molecule has 0 aromatic carbocycles. The number of alkyl halides is 3. The number of nitrogens with zero attached hydrogens (tertiary/aromatic N) is 2. The molecule has 1 aromatic heterocycles. The van der Waals surface area contributed by atoms with Gasteiger partial charge in [-0.15, -0.1) is 11.3 Å². The van der Waals surface area contributed by atoms with Gasteiger partial charge in [0.25, 0.3) is 0 Å². The Hall–Kier alpha value is -1.64. The Kier molecular flexibility index (Phi) is 5.84. The number of rotatable bonds is 4. The van der Waals surface area contributed by atoms with Crippen molar-refractivity contribution in [1.29, 1.82) is 0 Å². The van der Waals surface area contributed by atoms with Crippen molar-refractivity contribution in [1.82, 2.24) is 15.2 Å². The highest BCUT2D eigenvalue weighted by atomic mass is 32.1. The van der Waals surface area contributed by atoms with Crippen molar-refractivity contribution >= 4 is 23.2 Å². The van der Waals surface area contributed by atoms with Gasteiger partial charge in [-0.2, -0.15) is 13.2 Å². The van der Waals surface area contributed by atoms with Crippen LogP contribution in [0.15, 0.2) is 0 Å². The van der Waals surface area contributed by atoms with Crippen LogP contribution in [0.5, 0.6) is 0 Å². The molecule has 2 amide bonds. The highest BCUT2D eigenvalue weighted by molar-refractivity contribution is 7.11. The molecule has 0 unspecified atom stereocenters. The van der Waals surface area contributed by atoms with Crippen LogP contribution in [0, 0.1) is 19.8 Å². The summed E-state index contributed by atoms with van der Waals surface area (Å²) in [5, 5.41) is 3.81. The van der Waals surface area contributed by atoms with E-state index in [1.165, 1.54) is 0 Å². The number of carbonyl (C=O) groups is 2. The lowest BCUT2D eigenvalue weighted by atomic mass is 9.96. The third-order valence-corrected chi connectivity index (χ3v) is 5.18. The molecule has 0 radical (unpaired) electrons. The first kappa shape index (κ1) is 18.7. The highest BCUT2D eigenvalue weighted by Crippen LogP contribution is 2.24. The minimum Gasteiger partial charge on any atom is -0.355 e. The molecule has 1 saturated heterocycles.